The molecule has 0 spiro atoms. The van der Waals surface area contributed by atoms with Crippen LogP contribution in [-0.2, 0) is 17.9 Å². The molecule has 2 aromatic heterocycles. The minimum absolute atomic E-state index is 0.0610. The second-order valence-electron chi connectivity index (χ2n) is 7.41. The Hall–Kier alpha value is -3.48. The molecule has 30 heavy (non-hydrogen) atoms. The Morgan fingerprint density at radius 1 is 0.900 bits per heavy atom. The number of rotatable bonds is 6. The maximum atomic E-state index is 13.2. The second kappa shape index (κ2) is 9.35. The molecule has 1 fully saturated rings. The predicted octanol–water partition coefficient (Wildman–Crippen LogP) is 4.35. The van der Waals surface area contributed by atoms with Crippen LogP contribution >= 0.6 is 0 Å². The number of carbonyl (C=O) groups excluding carboxylic acids is 2. The summed E-state index contributed by atoms with van der Waals surface area (Å²) >= 11 is 0. The Morgan fingerprint density at radius 3 is 2.03 bits per heavy atom. The number of furan rings is 2. The first-order chi connectivity index (χ1) is 14.7. The van der Waals surface area contributed by atoms with Gasteiger partial charge in [-0.15, -0.1) is 0 Å². The third kappa shape index (κ3) is 4.92. The minimum Gasteiger partial charge on any atom is -0.467 e. The van der Waals surface area contributed by atoms with Crippen molar-refractivity contribution in [2.75, 3.05) is 18.4 Å². The molecule has 7 nitrogen and oxygen atoms in total. The van der Waals surface area contributed by atoms with Crippen LogP contribution in [0.5, 0.6) is 0 Å². The summed E-state index contributed by atoms with van der Waals surface area (Å²) in [7, 11) is 0. The van der Waals surface area contributed by atoms with Crippen molar-refractivity contribution in [2.24, 2.45) is 5.92 Å². The third-order valence-electron chi connectivity index (χ3n) is 5.32. The van der Waals surface area contributed by atoms with Gasteiger partial charge in [-0.2, -0.15) is 0 Å². The quantitative estimate of drug-likeness (QED) is 0.659. The van der Waals surface area contributed by atoms with Crippen molar-refractivity contribution in [1.29, 1.82) is 0 Å². The van der Waals surface area contributed by atoms with E-state index in [0.717, 1.165) is 17.2 Å². The average Bonchev–Trinajstić information content (AvgIpc) is 3.48. The number of nitrogens with zero attached hydrogens (tertiary/aromatic N) is 2. The van der Waals surface area contributed by atoms with E-state index >= 15 is 0 Å². The Labute approximate surface area is 175 Å². The molecule has 7 heteroatoms. The number of anilines is 1. The largest absolute Gasteiger partial charge is 0.467 e. The van der Waals surface area contributed by atoms with Gasteiger partial charge in [0.1, 0.15) is 11.5 Å². The Balaban J connectivity index is 1.35. The third-order valence-corrected chi connectivity index (χ3v) is 5.32. The molecule has 0 bridgehead atoms. The van der Waals surface area contributed by atoms with Crippen LogP contribution < -0.4 is 5.32 Å². The number of amides is 3. The predicted molar refractivity (Wildman–Crippen MR) is 111 cm³/mol. The molecule has 3 heterocycles. The van der Waals surface area contributed by atoms with Crippen LogP contribution in [0.2, 0.25) is 0 Å². The number of likely N-dealkylation sites (tertiary alicyclic amines) is 1. The van der Waals surface area contributed by atoms with E-state index in [0.29, 0.717) is 39.0 Å². The van der Waals surface area contributed by atoms with Gasteiger partial charge >= 0.3 is 6.03 Å². The maximum absolute atomic E-state index is 13.2. The monoisotopic (exact) mass is 407 g/mol. The van der Waals surface area contributed by atoms with Crippen LogP contribution in [-0.4, -0.2) is 34.8 Å². The maximum Gasteiger partial charge on any atom is 0.321 e. The molecule has 4 rings (SSSR count). The molecule has 3 aromatic rings. The molecule has 1 saturated heterocycles. The Bertz CT molecular complexity index is 894. The normalized spacial score (nSPS) is 14.5. The van der Waals surface area contributed by atoms with Gasteiger partial charge in [0.05, 0.1) is 25.6 Å². The number of para-hydroxylation sites is 1. The molecule has 0 atom stereocenters. The average molecular weight is 407 g/mol. The molecule has 1 N–H and O–H groups in total. The van der Waals surface area contributed by atoms with Gasteiger partial charge in [0, 0.05) is 24.7 Å². The van der Waals surface area contributed by atoms with Crippen molar-refractivity contribution in [3.05, 3.63) is 78.6 Å². The molecule has 3 amide bonds. The van der Waals surface area contributed by atoms with Crippen LogP contribution in [0.1, 0.15) is 24.4 Å². The van der Waals surface area contributed by atoms with Crippen LogP contribution in [0.15, 0.2) is 76.0 Å². The van der Waals surface area contributed by atoms with Crippen molar-refractivity contribution >= 4 is 17.6 Å². The first-order valence-corrected chi connectivity index (χ1v) is 10.1. The molecule has 0 saturated carbocycles. The van der Waals surface area contributed by atoms with Crippen LogP contribution in [0, 0.1) is 5.92 Å². The lowest BCUT2D eigenvalue weighted by molar-refractivity contribution is -0.138. The topological polar surface area (TPSA) is 78.9 Å². The molecule has 0 unspecified atom stereocenters. The lowest BCUT2D eigenvalue weighted by Gasteiger charge is -2.34. The van der Waals surface area contributed by atoms with E-state index in [1.165, 1.54) is 0 Å². The van der Waals surface area contributed by atoms with Crippen molar-refractivity contribution in [3.63, 3.8) is 0 Å². The van der Waals surface area contributed by atoms with Gasteiger partial charge in [0.2, 0.25) is 5.91 Å². The molecule has 156 valence electrons. The Kier molecular flexibility index (Phi) is 6.17. The number of hydrogen-bond donors (Lipinski definition) is 1. The lowest BCUT2D eigenvalue weighted by Crippen LogP contribution is -2.45. The van der Waals surface area contributed by atoms with E-state index in [1.54, 1.807) is 22.3 Å². The summed E-state index contributed by atoms with van der Waals surface area (Å²) in [5.41, 5.74) is 0.767. The van der Waals surface area contributed by atoms with E-state index in [1.807, 2.05) is 54.6 Å². The van der Waals surface area contributed by atoms with Gasteiger partial charge in [-0.1, -0.05) is 18.2 Å². The zero-order chi connectivity index (χ0) is 20.8. The van der Waals surface area contributed by atoms with Crippen LogP contribution in [0.3, 0.4) is 0 Å². The molecule has 0 radical (unpaired) electrons. The van der Waals surface area contributed by atoms with E-state index in [4.69, 9.17) is 8.83 Å². The number of benzene rings is 1. The van der Waals surface area contributed by atoms with E-state index in [9.17, 15) is 9.59 Å². The van der Waals surface area contributed by atoms with Crippen LogP contribution in [0.25, 0.3) is 0 Å². The smallest absolute Gasteiger partial charge is 0.321 e. The highest BCUT2D eigenvalue weighted by Crippen LogP contribution is 2.23. The standard InChI is InChI=1S/C23H25N3O4/c27-22(26(16-20-8-4-14-29-20)17-21-9-5-15-30-21)18-10-12-25(13-11-18)23(28)24-19-6-2-1-3-7-19/h1-9,14-15,18H,10-13,16-17H2,(H,24,28). The molecule has 1 aromatic carbocycles. The highest BCUT2D eigenvalue weighted by atomic mass is 16.3. The van der Waals surface area contributed by atoms with E-state index in [2.05, 4.69) is 5.32 Å². The summed E-state index contributed by atoms with van der Waals surface area (Å²) in [6.07, 6.45) is 4.48. The summed E-state index contributed by atoms with van der Waals surface area (Å²) in [4.78, 5) is 29.3. The SMILES string of the molecule is O=C(Nc1ccccc1)N1CCC(C(=O)N(Cc2ccco2)Cc2ccco2)CC1. The van der Waals surface area contributed by atoms with Crippen molar-refractivity contribution in [1.82, 2.24) is 9.80 Å². The van der Waals surface area contributed by atoms with Gasteiger partial charge in [-0.3, -0.25) is 4.79 Å². The number of hydrogen-bond acceptors (Lipinski definition) is 4. The molecule has 0 aliphatic carbocycles. The fourth-order valence-electron chi connectivity index (χ4n) is 3.70. The highest BCUT2D eigenvalue weighted by Gasteiger charge is 2.31. The van der Waals surface area contributed by atoms with Gasteiger partial charge in [0.15, 0.2) is 0 Å². The van der Waals surface area contributed by atoms with Crippen LogP contribution in [0.4, 0.5) is 10.5 Å². The molecular weight excluding hydrogens is 382 g/mol. The first-order valence-electron chi connectivity index (χ1n) is 10.1. The zero-order valence-electron chi connectivity index (χ0n) is 16.7. The second-order valence-corrected chi connectivity index (χ2v) is 7.41. The van der Waals surface area contributed by atoms with Gasteiger partial charge in [0.25, 0.3) is 0 Å². The first kappa shape index (κ1) is 19.8. The van der Waals surface area contributed by atoms with Crippen molar-refractivity contribution in [3.8, 4) is 0 Å². The summed E-state index contributed by atoms with van der Waals surface area (Å²) in [6, 6.07) is 16.6. The summed E-state index contributed by atoms with van der Waals surface area (Å²) in [5, 5.41) is 2.90. The van der Waals surface area contributed by atoms with Crippen molar-refractivity contribution in [2.45, 2.75) is 25.9 Å². The fraction of sp³-hybridized carbons (Fsp3) is 0.304. The Morgan fingerprint density at radius 2 is 1.50 bits per heavy atom. The summed E-state index contributed by atoms with van der Waals surface area (Å²) < 4.78 is 10.9. The minimum atomic E-state index is -0.130. The van der Waals surface area contributed by atoms with Crippen molar-refractivity contribution < 1.29 is 18.4 Å². The van der Waals surface area contributed by atoms with Gasteiger partial charge in [-0.05, 0) is 49.2 Å². The van der Waals surface area contributed by atoms with E-state index < -0.39 is 0 Å². The zero-order valence-corrected chi connectivity index (χ0v) is 16.7. The van der Waals surface area contributed by atoms with Gasteiger partial charge in [-0.25, -0.2) is 4.79 Å². The number of carbonyl (C=O) groups is 2. The number of nitrogens with one attached hydrogen (secondary N) is 1. The molecular formula is C23H25N3O4. The highest BCUT2D eigenvalue weighted by molar-refractivity contribution is 5.89. The lowest BCUT2D eigenvalue weighted by atomic mass is 9.95. The number of piperidine rings is 1. The summed E-state index contributed by atoms with van der Waals surface area (Å²) in [6.45, 7) is 1.87. The molecule has 1 aliphatic heterocycles. The van der Waals surface area contributed by atoms with Gasteiger partial charge < -0.3 is 24.0 Å². The van der Waals surface area contributed by atoms with E-state index in [-0.39, 0.29) is 17.9 Å². The number of urea groups is 1. The fourth-order valence-corrected chi connectivity index (χ4v) is 3.70. The molecule has 1 aliphatic rings. The summed E-state index contributed by atoms with van der Waals surface area (Å²) in [5.74, 6) is 1.39.